The number of nitrogens with one attached hydrogen (secondary N) is 1. The average molecular weight is 261 g/mol. The molecule has 98 valence electrons. The van der Waals surface area contributed by atoms with Gasteiger partial charge in [0.25, 0.3) is 0 Å². The Morgan fingerprint density at radius 1 is 1.32 bits per heavy atom. The van der Waals surface area contributed by atoms with Gasteiger partial charge >= 0.3 is 0 Å². The molecule has 1 heterocycles. The van der Waals surface area contributed by atoms with Crippen LogP contribution in [0.4, 0.5) is 10.1 Å². The number of benzene rings is 1. The number of anilines is 1. The summed E-state index contributed by atoms with van der Waals surface area (Å²) in [6.07, 6.45) is 3.13. The van der Waals surface area contributed by atoms with E-state index >= 15 is 0 Å². The molecule has 0 saturated heterocycles. The lowest BCUT2D eigenvalue weighted by molar-refractivity contribution is -0.482. The minimum atomic E-state index is -0.528. The van der Waals surface area contributed by atoms with Crippen molar-refractivity contribution in [1.29, 1.82) is 0 Å². The van der Waals surface area contributed by atoms with Crippen molar-refractivity contribution in [3.63, 3.8) is 0 Å². The molecule has 0 aliphatic heterocycles. The van der Waals surface area contributed by atoms with E-state index in [1.165, 1.54) is 12.1 Å². The molecule has 0 amide bonds. The summed E-state index contributed by atoms with van der Waals surface area (Å²) in [5, 5.41) is 13.7. The van der Waals surface area contributed by atoms with Crippen molar-refractivity contribution in [2.75, 3.05) is 11.9 Å². The Morgan fingerprint density at radius 3 is 2.68 bits per heavy atom. The van der Waals surface area contributed by atoms with Crippen molar-refractivity contribution in [3.8, 4) is 0 Å². The fourth-order valence-electron chi connectivity index (χ4n) is 1.76. The van der Waals surface area contributed by atoms with E-state index in [2.05, 4.69) is 10.3 Å². The molecule has 0 aliphatic carbocycles. The molecule has 0 saturated carbocycles. The third-order valence-electron chi connectivity index (χ3n) is 2.61. The Morgan fingerprint density at radius 2 is 2.05 bits per heavy atom. The van der Waals surface area contributed by atoms with Gasteiger partial charge in [-0.3, -0.25) is 15.1 Å². The quantitative estimate of drug-likeness (QED) is 0.663. The maximum atomic E-state index is 13.1. The first-order valence-corrected chi connectivity index (χ1v) is 5.69. The van der Waals surface area contributed by atoms with Crippen molar-refractivity contribution in [1.82, 2.24) is 4.98 Å². The van der Waals surface area contributed by atoms with Gasteiger partial charge in [-0.05, 0) is 35.9 Å². The van der Waals surface area contributed by atoms with E-state index in [9.17, 15) is 14.5 Å². The number of pyridine rings is 1. The van der Waals surface area contributed by atoms with Crippen LogP contribution in [0.3, 0.4) is 0 Å². The molecular weight excluding hydrogens is 249 g/mol. The predicted molar refractivity (Wildman–Crippen MR) is 68.9 cm³/mol. The molecule has 19 heavy (non-hydrogen) atoms. The molecule has 1 unspecified atom stereocenters. The van der Waals surface area contributed by atoms with Gasteiger partial charge < -0.3 is 5.32 Å². The van der Waals surface area contributed by atoms with Crippen molar-refractivity contribution in [2.45, 2.75) is 6.04 Å². The highest BCUT2D eigenvalue weighted by atomic mass is 19.1. The molecule has 0 aliphatic rings. The van der Waals surface area contributed by atoms with Crippen LogP contribution in [0, 0.1) is 15.9 Å². The fourth-order valence-corrected chi connectivity index (χ4v) is 1.76. The molecule has 1 N–H and O–H groups in total. The number of rotatable bonds is 5. The molecule has 1 aromatic heterocycles. The molecule has 0 bridgehead atoms. The molecule has 2 rings (SSSR count). The third kappa shape index (κ3) is 3.74. The number of nitro groups is 1. The largest absolute Gasteiger partial charge is 0.372 e. The summed E-state index contributed by atoms with van der Waals surface area (Å²) in [5.41, 5.74) is 1.24. The van der Waals surface area contributed by atoms with Crippen LogP contribution in [0.2, 0.25) is 0 Å². The summed E-state index contributed by atoms with van der Waals surface area (Å²) >= 11 is 0. The van der Waals surface area contributed by atoms with Crippen LogP contribution in [0.25, 0.3) is 0 Å². The van der Waals surface area contributed by atoms with Gasteiger partial charge in [-0.1, -0.05) is 6.07 Å². The van der Waals surface area contributed by atoms with E-state index in [0.29, 0.717) is 5.69 Å². The maximum Gasteiger partial charge on any atom is 0.227 e. The van der Waals surface area contributed by atoms with E-state index in [1.807, 2.05) is 0 Å². The summed E-state index contributed by atoms with van der Waals surface area (Å²) in [7, 11) is 0. The van der Waals surface area contributed by atoms with Gasteiger partial charge in [-0.25, -0.2) is 4.39 Å². The van der Waals surface area contributed by atoms with E-state index in [4.69, 9.17) is 0 Å². The van der Waals surface area contributed by atoms with Gasteiger partial charge in [0.05, 0.1) is 0 Å². The second-order valence-corrected chi connectivity index (χ2v) is 4.00. The highest BCUT2D eigenvalue weighted by molar-refractivity contribution is 5.45. The molecular formula is C13H12FN3O2. The first kappa shape index (κ1) is 12.9. The Labute approximate surface area is 109 Å². The number of aromatic nitrogens is 1. The topological polar surface area (TPSA) is 68.1 Å². The van der Waals surface area contributed by atoms with E-state index in [0.717, 1.165) is 5.56 Å². The maximum absolute atomic E-state index is 13.1. The van der Waals surface area contributed by atoms with Gasteiger partial charge in [0.1, 0.15) is 11.9 Å². The summed E-state index contributed by atoms with van der Waals surface area (Å²) in [6.45, 7) is -0.291. The van der Waals surface area contributed by atoms with Crippen molar-refractivity contribution in [2.24, 2.45) is 0 Å². The Kier molecular flexibility index (Phi) is 4.02. The monoisotopic (exact) mass is 261 g/mol. The summed E-state index contributed by atoms with van der Waals surface area (Å²) in [4.78, 5) is 14.2. The van der Waals surface area contributed by atoms with Crippen LogP contribution >= 0.6 is 0 Å². The average Bonchev–Trinajstić information content (AvgIpc) is 2.38. The SMILES string of the molecule is O=[N+]([O-])CC(Nc1cccc(F)c1)c1ccncc1. The highest BCUT2D eigenvalue weighted by Gasteiger charge is 2.17. The lowest BCUT2D eigenvalue weighted by Gasteiger charge is -2.16. The van der Waals surface area contributed by atoms with Gasteiger partial charge in [-0.2, -0.15) is 0 Å². The van der Waals surface area contributed by atoms with Gasteiger partial charge in [0.15, 0.2) is 0 Å². The lowest BCUT2D eigenvalue weighted by Crippen LogP contribution is -2.20. The Hall–Kier alpha value is -2.50. The van der Waals surface area contributed by atoms with Crippen LogP contribution in [0.1, 0.15) is 11.6 Å². The first-order chi connectivity index (χ1) is 9.15. The van der Waals surface area contributed by atoms with Crippen molar-refractivity contribution >= 4 is 5.69 Å². The van der Waals surface area contributed by atoms with Crippen LogP contribution in [0.5, 0.6) is 0 Å². The third-order valence-corrected chi connectivity index (χ3v) is 2.61. The van der Waals surface area contributed by atoms with Crippen LogP contribution in [0.15, 0.2) is 48.8 Å². The molecule has 0 radical (unpaired) electrons. The van der Waals surface area contributed by atoms with E-state index in [1.54, 1.807) is 36.7 Å². The molecule has 0 spiro atoms. The van der Waals surface area contributed by atoms with Crippen molar-refractivity contribution in [3.05, 3.63) is 70.3 Å². The Balaban J connectivity index is 2.21. The number of nitrogens with zero attached hydrogens (tertiary/aromatic N) is 2. The second-order valence-electron chi connectivity index (χ2n) is 4.00. The Bertz CT molecular complexity index is 563. The zero-order valence-electron chi connectivity index (χ0n) is 9.99. The zero-order valence-corrected chi connectivity index (χ0v) is 9.99. The van der Waals surface area contributed by atoms with Crippen LogP contribution in [-0.2, 0) is 0 Å². The summed E-state index contributed by atoms with van der Waals surface area (Å²) < 4.78 is 13.1. The van der Waals surface area contributed by atoms with Gasteiger partial charge in [-0.15, -0.1) is 0 Å². The normalized spacial score (nSPS) is 11.8. The minimum absolute atomic E-state index is 0.291. The van der Waals surface area contributed by atoms with Crippen LogP contribution in [-0.4, -0.2) is 16.5 Å². The number of halogens is 1. The standard InChI is InChI=1S/C13H12FN3O2/c14-11-2-1-3-12(8-11)16-13(9-17(18)19)10-4-6-15-7-5-10/h1-8,13,16H,9H2. The highest BCUT2D eigenvalue weighted by Crippen LogP contribution is 2.20. The summed E-state index contributed by atoms with van der Waals surface area (Å²) in [6, 6.07) is 8.69. The van der Waals surface area contributed by atoms with Gasteiger partial charge in [0.2, 0.25) is 6.54 Å². The van der Waals surface area contributed by atoms with Gasteiger partial charge in [0, 0.05) is 23.0 Å². The first-order valence-electron chi connectivity index (χ1n) is 5.69. The van der Waals surface area contributed by atoms with E-state index in [-0.39, 0.29) is 12.4 Å². The second kappa shape index (κ2) is 5.90. The molecule has 0 fully saturated rings. The molecule has 1 atom stereocenters. The molecule has 1 aromatic carbocycles. The van der Waals surface area contributed by atoms with Crippen LogP contribution < -0.4 is 5.32 Å². The predicted octanol–water partition coefficient (Wildman–Crippen LogP) is 2.65. The zero-order chi connectivity index (χ0) is 13.7. The minimum Gasteiger partial charge on any atom is -0.372 e. The lowest BCUT2D eigenvalue weighted by atomic mass is 10.1. The molecule has 2 aromatic rings. The molecule has 6 heteroatoms. The number of hydrogen-bond acceptors (Lipinski definition) is 4. The number of hydrogen-bond donors (Lipinski definition) is 1. The van der Waals surface area contributed by atoms with Crippen molar-refractivity contribution < 1.29 is 9.31 Å². The smallest absolute Gasteiger partial charge is 0.227 e. The fraction of sp³-hybridized carbons (Fsp3) is 0.154. The summed E-state index contributed by atoms with van der Waals surface area (Å²) in [5.74, 6) is -0.389. The molecule has 5 nitrogen and oxygen atoms in total. The van der Waals surface area contributed by atoms with E-state index < -0.39 is 11.0 Å².